The van der Waals surface area contributed by atoms with Gasteiger partial charge in [-0.3, -0.25) is 0 Å². The molecule has 1 fully saturated rings. The number of anilines is 1. The van der Waals surface area contributed by atoms with Crippen LogP contribution >= 0.6 is 0 Å². The minimum Gasteiger partial charge on any atom is -0.391 e. The Balaban J connectivity index is 2.06. The van der Waals surface area contributed by atoms with Crippen LogP contribution in [0.4, 0.5) is 5.69 Å². The number of aliphatic hydroxyl groups is 1. The second-order valence-electron chi connectivity index (χ2n) is 5.88. The molecule has 1 atom stereocenters. The lowest BCUT2D eigenvalue weighted by atomic mass is 10.1. The molecule has 0 amide bonds. The fraction of sp³-hybridized carbons (Fsp3) is 0.562. The number of hydrogen-bond acceptors (Lipinski definition) is 4. The van der Waals surface area contributed by atoms with Crippen LogP contribution in [0.1, 0.15) is 31.4 Å². The lowest BCUT2D eigenvalue weighted by Gasteiger charge is -2.20. The first-order valence-corrected chi connectivity index (χ1v) is 7.27. The summed E-state index contributed by atoms with van der Waals surface area (Å²) < 4.78 is 0. The van der Waals surface area contributed by atoms with Gasteiger partial charge in [-0.25, -0.2) is 0 Å². The van der Waals surface area contributed by atoms with E-state index in [1.165, 1.54) is 0 Å². The van der Waals surface area contributed by atoms with Crippen molar-refractivity contribution in [2.75, 3.05) is 24.5 Å². The van der Waals surface area contributed by atoms with E-state index in [1.807, 2.05) is 12.1 Å². The summed E-state index contributed by atoms with van der Waals surface area (Å²) in [6.45, 7) is 7.56. The Morgan fingerprint density at radius 2 is 2.30 bits per heavy atom. The number of rotatable bonds is 5. The van der Waals surface area contributed by atoms with E-state index < -0.39 is 0 Å². The first-order valence-electron chi connectivity index (χ1n) is 7.27. The normalized spacial score (nSPS) is 18.6. The second-order valence-corrected chi connectivity index (χ2v) is 5.88. The predicted molar refractivity (Wildman–Crippen MR) is 80.5 cm³/mol. The zero-order chi connectivity index (χ0) is 14.5. The van der Waals surface area contributed by atoms with Crippen molar-refractivity contribution in [1.29, 1.82) is 5.26 Å². The smallest absolute Gasteiger partial charge is 0.101 e. The largest absolute Gasteiger partial charge is 0.391 e. The van der Waals surface area contributed by atoms with E-state index in [9.17, 15) is 10.4 Å². The zero-order valence-electron chi connectivity index (χ0n) is 12.3. The van der Waals surface area contributed by atoms with Gasteiger partial charge in [-0.15, -0.1) is 0 Å². The Morgan fingerprint density at radius 3 is 2.90 bits per heavy atom. The molecular weight excluding hydrogens is 250 g/mol. The van der Waals surface area contributed by atoms with Crippen molar-refractivity contribution >= 4 is 5.69 Å². The molecule has 2 N–H and O–H groups in total. The van der Waals surface area contributed by atoms with Gasteiger partial charge in [-0.1, -0.05) is 19.9 Å². The fourth-order valence-corrected chi connectivity index (χ4v) is 2.52. The topological polar surface area (TPSA) is 59.3 Å². The molecule has 4 nitrogen and oxygen atoms in total. The molecule has 1 aliphatic heterocycles. The van der Waals surface area contributed by atoms with Gasteiger partial charge in [0.25, 0.3) is 0 Å². The van der Waals surface area contributed by atoms with E-state index in [1.54, 1.807) is 0 Å². The van der Waals surface area contributed by atoms with Crippen molar-refractivity contribution in [3.8, 4) is 6.07 Å². The average molecular weight is 273 g/mol. The molecule has 0 aromatic heterocycles. The number of nitriles is 1. The highest BCUT2D eigenvalue weighted by molar-refractivity contribution is 5.61. The van der Waals surface area contributed by atoms with Crippen molar-refractivity contribution in [3.63, 3.8) is 0 Å². The summed E-state index contributed by atoms with van der Waals surface area (Å²) in [6.07, 6.45) is 0.511. The van der Waals surface area contributed by atoms with Crippen LogP contribution in [0.25, 0.3) is 0 Å². The van der Waals surface area contributed by atoms with Gasteiger partial charge < -0.3 is 15.3 Å². The number of benzene rings is 1. The molecule has 0 spiro atoms. The molecule has 1 saturated heterocycles. The van der Waals surface area contributed by atoms with E-state index >= 15 is 0 Å². The van der Waals surface area contributed by atoms with E-state index in [4.69, 9.17) is 0 Å². The lowest BCUT2D eigenvalue weighted by Crippen LogP contribution is -2.22. The zero-order valence-corrected chi connectivity index (χ0v) is 12.3. The van der Waals surface area contributed by atoms with Crippen molar-refractivity contribution < 1.29 is 5.11 Å². The standard InChI is InChI=1S/C16H23N3O/c1-12(2)9-18-10-13-3-4-16(14(7-13)8-17)19-6-5-15(20)11-19/h3-4,7,12,15,18,20H,5-6,9-11H2,1-2H3. The Kier molecular flexibility index (Phi) is 4.99. The first-order chi connectivity index (χ1) is 9.60. The first kappa shape index (κ1) is 14.8. The summed E-state index contributed by atoms with van der Waals surface area (Å²) in [5.41, 5.74) is 2.77. The molecule has 0 bridgehead atoms. The highest BCUT2D eigenvalue weighted by Crippen LogP contribution is 2.25. The summed E-state index contributed by atoms with van der Waals surface area (Å²) in [5.74, 6) is 0.621. The van der Waals surface area contributed by atoms with E-state index in [-0.39, 0.29) is 6.10 Å². The highest BCUT2D eigenvalue weighted by atomic mass is 16.3. The molecule has 1 aromatic rings. The number of aliphatic hydroxyl groups excluding tert-OH is 1. The maximum Gasteiger partial charge on any atom is 0.101 e. The van der Waals surface area contributed by atoms with Gasteiger partial charge in [0.1, 0.15) is 6.07 Å². The Morgan fingerprint density at radius 1 is 1.50 bits per heavy atom. The number of β-amino-alcohol motifs (C(OH)–C–C–N with tert-alkyl or cyclic N) is 1. The number of hydrogen-bond donors (Lipinski definition) is 2. The minimum atomic E-state index is -0.270. The second kappa shape index (κ2) is 6.74. The van der Waals surface area contributed by atoms with E-state index in [0.29, 0.717) is 18.0 Å². The third kappa shape index (κ3) is 3.72. The molecule has 4 heteroatoms. The van der Waals surface area contributed by atoms with Crippen molar-refractivity contribution in [2.24, 2.45) is 5.92 Å². The summed E-state index contributed by atoms with van der Waals surface area (Å²) in [4.78, 5) is 2.09. The van der Waals surface area contributed by atoms with Crippen LogP contribution in [0.2, 0.25) is 0 Å². The third-order valence-corrected chi connectivity index (χ3v) is 3.57. The molecule has 1 aliphatic rings. The molecule has 1 heterocycles. The van der Waals surface area contributed by atoms with Crippen molar-refractivity contribution in [1.82, 2.24) is 5.32 Å². The van der Waals surface area contributed by atoms with Crippen LogP contribution in [-0.4, -0.2) is 30.8 Å². The quantitative estimate of drug-likeness (QED) is 0.860. The molecule has 20 heavy (non-hydrogen) atoms. The SMILES string of the molecule is CC(C)CNCc1ccc(N2CCC(O)C2)c(C#N)c1. The van der Waals surface area contributed by atoms with Crippen molar-refractivity contribution in [2.45, 2.75) is 32.9 Å². The van der Waals surface area contributed by atoms with Crippen molar-refractivity contribution in [3.05, 3.63) is 29.3 Å². The molecule has 2 rings (SSSR count). The summed E-state index contributed by atoms with van der Waals surface area (Å²) >= 11 is 0. The Bertz CT molecular complexity index is 493. The average Bonchev–Trinajstić information content (AvgIpc) is 2.84. The monoisotopic (exact) mass is 273 g/mol. The summed E-state index contributed by atoms with van der Waals surface area (Å²) in [7, 11) is 0. The van der Waals surface area contributed by atoms with E-state index in [0.717, 1.165) is 37.3 Å². The Labute approximate surface area is 121 Å². The van der Waals surface area contributed by atoms with Crippen LogP contribution in [0.15, 0.2) is 18.2 Å². The molecule has 1 unspecified atom stereocenters. The molecule has 0 aliphatic carbocycles. The van der Waals surface area contributed by atoms with Crippen LogP contribution in [-0.2, 0) is 6.54 Å². The lowest BCUT2D eigenvalue weighted by molar-refractivity contribution is 0.198. The minimum absolute atomic E-state index is 0.270. The Hall–Kier alpha value is -1.57. The molecule has 0 saturated carbocycles. The number of nitrogens with one attached hydrogen (secondary N) is 1. The molecule has 108 valence electrons. The maximum atomic E-state index is 9.61. The van der Waals surface area contributed by atoms with Crippen LogP contribution < -0.4 is 10.2 Å². The van der Waals surface area contributed by atoms with Gasteiger partial charge in [-0.2, -0.15) is 5.26 Å². The molecular formula is C16H23N3O. The molecule has 0 radical (unpaired) electrons. The molecule has 1 aromatic carbocycles. The third-order valence-electron chi connectivity index (χ3n) is 3.57. The number of nitrogens with zero attached hydrogens (tertiary/aromatic N) is 2. The fourth-order valence-electron chi connectivity index (χ4n) is 2.52. The highest BCUT2D eigenvalue weighted by Gasteiger charge is 2.22. The maximum absolute atomic E-state index is 9.61. The van der Waals surface area contributed by atoms with Gasteiger partial charge >= 0.3 is 0 Å². The van der Waals surface area contributed by atoms with E-state index in [2.05, 4.69) is 36.2 Å². The summed E-state index contributed by atoms with van der Waals surface area (Å²) in [6, 6.07) is 8.29. The predicted octanol–water partition coefficient (Wildman–Crippen LogP) is 1.87. The van der Waals surface area contributed by atoms with Crippen LogP contribution in [0.3, 0.4) is 0 Å². The van der Waals surface area contributed by atoms with Gasteiger partial charge in [0, 0.05) is 19.6 Å². The van der Waals surface area contributed by atoms with Crippen LogP contribution in [0, 0.1) is 17.2 Å². The van der Waals surface area contributed by atoms with Crippen LogP contribution in [0.5, 0.6) is 0 Å². The van der Waals surface area contributed by atoms with Gasteiger partial charge in [0.15, 0.2) is 0 Å². The summed E-state index contributed by atoms with van der Waals surface area (Å²) in [5, 5.41) is 22.3. The van der Waals surface area contributed by atoms with Gasteiger partial charge in [0.2, 0.25) is 0 Å². The van der Waals surface area contributed by atoms with Gasteiger partial charge in [0.05, 0.1) is 17.4 Å². The van der Waals surface area contributed by atoms with Gasteiger partial charge in [-0.05, 0) is 36.6 Å².